The molecule has 2 aromatic heterocycles. The molecule has 0 saturated heterocycles. The minimum atomic E-state index is -0.0207. The SMILES string of the molecule is CCC(C)NC(=O)c1ccc2c(c1)sc1nc(-c3ccc(C)cc3)cn12. The fourth-order valence-electron chi connectivity index (χ4n) is 2.91. The van der Waals surface area contributed by atoms with Gasteiger partial charge >= 0.3 is 0 Å². The minimum Gasteiger partial charge on any atom is -0.350 e. The number of hydrogen-bond acceptors (Lipinski definition) is 3. The van der Waals surface area contributed by atoms with Crippen LogP contribution in [0.1, 0.15) is 36.2 Å². The molecule has 5 heteroatoms. The van der Waals surface area contributed by atoms with Crippen molar-refractivity contribution in [3.05, 3.63) is 59.8 Å². The van der Waals surface area contributed by atoms with Gasteiger partial charge in [-0.15, -0.1) is 0 Å². The first-order chi connectivity index (χ1) is 12.5. The third kappa shape index (κ3) is 2.99. The Hall–Kier alpha value is -2.66. The minimum absolute atomic E-state index is 0.0207. The van der Waals surface area contributed by atoms with Crippen LogP contribution in [0, 0.1) is 6.92 Å². The number of hydrogen-bond donors (Lipinski definition) is 1. The molecule has 0 aliphatic carbocycles. The lowest BCUT2D eigenvalue weighted by atomic mass is 10.1. The lowest BCUT2D eigenvalue weighted by molar-refractivity contribution is 0.0939. The number of amides is 1. The van der Waals surface area contributed by atoms with Crippen molar-refractivity contribution in [3.8, 4) is 11.3 Å². The first-order valence-electron chi connectivity index (χ1n) is 8.84. The summed E-state index contributed by atoms with van der Waals surface area (Å²) in [4.78, 5) is 18.1. The van der Waals surface area contributed by atoms with Gasteiger partial charge in [0, 0.05) is 23.4 Å². The largest absolute Gasteiger partial charge is 0.350 e. The lowest BCUT2D eigenvalue weighted by Gasteiger charge is -2.11. The van der Waals surface area contributed by atoms with Crippen molar-refractivity contribution in [2.75, 3.05) is 0 Å². The molecular weight excluding hydrogens is 342 g/mol. The van der Waals surface area contributed by atoms with Crippen LogP contribution in [-0.4, -0.2) is 21.3 Å². The van der Waals surface area contributed by atoms with Crippen molar-refractivity contribution in [2.45, 2.75) is 33.2 Å². The zero-order valence-electron chi connectivity index (χ0n) is 15.1. The number of fused-ring (bicyclic) bond motifs is 3. The summed E-state index contributed by atoms with van der Waals surface area (Å²) in [6, 6.07) is 14.4. The summed E-state index contributed by atoms with van der Waals surface area (Å²) < 4.78 is 3.17. The van der Waals surface area contributed by atoms with E-state index in [0.717, 1.165) is 32.9 Å². The first-order valence-corrected chi connectivity index (χ1v) is 9.66. The van der Waals surface area contributed by atoms with Crippen molar-refractivity contribution in [3.63, 3.8) is 0 Å². The molecule has 2 heterocycles. The summed E-state index contributed by atoms with van der Waals surface area (Å²) in [7, 11) is 0. The molecule has 0 saturated carbocycles. The molecule has 1 unspecified atom stereocenters. The highest BCUT2D eigenvalue weighted by atomic mass is 32.1. The van der Waals surface area contributed by atoms with Gasteiger partial charge in [0.1, 0.15) is 0 Å². The number of imidazole rings is 1. The van der Waals surface area contributed by atoms with Crippen molar-refractivity contribution < 1.29 is 4.79 Å². The van der Waals surface area contributed by atoms with E-state index < -0.39 is 0 Å². The average Bonchev–Trinajstić information content (AvgIpc) is 3.19. The highest BCUT2D eigenvalue weighted by molar-refractivity contribution is 7.23. The fraction of sp³-hybridized carbons (Fsp3) is 0.238. The summed E-state index contributed by atoms with van der Waals surface area (Å²) in [5, 5.41) is 3.02. The summed E-state index contributed by atoms with van der Waals surface area (Å²) >= 11 is 1.61. The third-order valence-electron chi connectivity index (χ3n) is 4.69. The smallest absolute Gasteiger partial charge is 0.251 e. The predicted molar refractivity (Wildman–Crippen MR) is 108 cm³/mol. The predicted octanol–water partition coefficient (Wildman–Crippen LogP) is 5.05. The fourth-order valence-corrected chi connectivity index (χ4v) is 3.96. The van der Waals surface area contributed by atoms with Crippen LogP contribution in [-0.2, 0) is 0 Å². The number of benzene rings is 2. The Labute approximate surface area is 156 Å². The van der Waals surface area contributed by atoms with Crippen molar-refractivity contribution in [2.24, 2.45) is 0 Å². The Bertz CT molecular complexity index is 1090. The van der Waals surface area contributed by atoms with E-state index in [1.807, 2.05) is 25.1 Å². The number of nitrogens with zero attached hydrogens (tertiary/aromatic N) is 2. The van der Waals surface area contributed by atoms with Gasteiger partial charge in [0.05, 0.1) is 15.9 Å². The van der Waals surface area contributed by atoms with E-state index in [4.69, 9.17) is 4.98 Å². The summed E-state index contributed by atoms with van der Waals surface area (Å²) in [5.41, 5.74) is 5.10. The summed E-state index contributed by atoms with van der Waals surface area (Å²) in [5.74, 6) is -0.0207. The molecule has 1 atom stereocenters. The van der Waals surface area contributed by atoms with Crippen molar-refractivity contribution in [1.29, 1.82) is 0 Å². The number of thiazole rings is 1. The first kappa shape index (κ1) is 16.8. The number of carbonyl (C=O) groups is 1. The molecule has 0 radical (unpaired) electrons. The Morgan fingerprint density at radius 3 is 2.73 bits per heavy atom. The molecule has 2 aromatic carbocycles. The van der Waals surface area contributed by atoms with Crippen LogP contribution in [0.15, 0.2) is 48.7 Å². The van der Waals surface area contributed by atoms with Crippen LogP contribution >= 0.6 is 11.3 Å². The van der Waals surface area contributed by atoms with Gasteiger partial charge in [-0.25, -0.2) is 4.98 Å². The van der Waals surface area contributed by atoms with E-state index in [-0.39, 0.29) is 11.9 Å². The summed E-state index contributed by atoms with van der Waals surface area (Å²) in [6.07, 6.45) is 2.99. The maximum absolute atomic E-state index is 12.3. The topological polar surface area (TPSA) is 46.4 Å². The maximum Gasteiger partial charge on any atom is 0.251 e. The Kier molecular flexibility index (Phi) is 4.24. The Morgan fingerprint density at radius 1 is 1.23 bits per heavy atom. The van der Waals surface area contributed by atoms with Gasteiger partial charge in [0.25, 0.3) is 5.91 Å². The van der Waals surface area contributed by atoms with Crippen molar-refractivity contribution >= 4 is 32.4 Å². The lowest BCUT2D eigenvalue weighted by Crippen LogP contribution is -2.31. The number of aromatic nitrogens is 2. The molecule has 0 bridgehead atoms. The molecule has 1 amide bonds. The van der Waals surface area contributed by atoms with Gasteiger partial charge in [-0.3, -0.25) is 9.20 Å². The summed E-state index contributed by atoms with van der Waals surface area (Å²) in [6.45, 7) is 6.16. The van der Waals surface area contributed by atoms with Gasteiger partial charge < -0.3 is 5.32 Å². The molecule has 4 nitrogen and oxygen atoms in total. The van der Waals surface area contributed by atoms with Gasteiger partial charge in [-0.05, 0) is 38.5 Å². The standard InChI is InChI=1S/C21H21N3OS/c1-4-14(3)22-20(25)16-9-10-18-19(11-16)26-21-23-17(12-24(18)21)15-7-5-13(2)6-8-15/h5-12,14H,4H2,1-3H3,(H,22,25). The quantitative estimate of drug-likeness (QED) is 0.551. The van der Waals surface area contributed by atoms with E-state index in [1.165, 1.54) is 5.56 Å². The highest BCUT2D eigenvalue weighted by Crippen LogP contribution is 2.30. The molecule has 4 rings (SSSR count). The molecule has 0 spiro atoms. The zero-order valence-corrected chi connectivity index (χ0v) is 15.9. The molecule has 132 valence electrons. The zero-order chi connectivity index (χ0) is 18.3. The van der Waals surface area contributed by atoms with Gasteiger partial charge in [-0.2, -0.15) is 0 Å². The third-order valence-corrected chi connectivity index (χ3v) is 5.71. The highest BCUT2D eigenvalue weighted by Gasteiger charge is 2.13. The van der Waals surface area contributed by atoms with E-state index in [0.29, 0.717) is 5.56 Å². The molecule has 0 aliphatic heterocycles. The number of rotatable bonds is 4. The second-order valence-corrected chi connectivity index (χ2v) is 7.72. The van der Waals surface area contributed by atoms with Crippen LogP contribution < -0.4 is 5.32 Å². The van der Waals surface area contributed by atoms with Gasteiger partial charge in [0.2, 0.25) is 0 Å². The molecular formula is C21H21N3OS. The van der Waals surface area contributed by atoms with Crippen LogP contribution in [0.4, 0.5) is 0 Å². The Balaban J connectivity index is 1.70. The maximum atomic E-state index is 12.3. The second-order valence-electron chi connectivity index (χ2n) is 6.71. The number of aryl methyl sites for hydroxylation is 1. The molecule has 26 heavy (non-hydrogen) atoms. The second kappa shape index (κ2) is 6.57. The van der Waals surface area contributed by atoms with Crippen molar-refractivity contribution in [1.82, 2.24) is 14.7 Å². The van der Waals surface area contributed by atoms with Crippen LogP contribution in [0.3, 0.4) is 0 Å². The molecule has 1 N–H and O–H groups in total. The van der Waals surface area contributed by atoms with Crippen LogP contribution in [0.2, 0.25) is 0 Å². The average molecular weight is 363 g/mol. The van der Waals surface area contributed by atoms with Crippen LogP contribution in [0.25, 0.3) is 26.4 Å². The monoisotopic (exact) mass is 363 g/mol. The van der Waals surface area contributed by atoms with E-state index >= 15 is 0 Å². The van der Waals surface area contributed by atoms with E-state index in [9.17, 15) is 4.79 Å². The van der Waals surface area contributed by atoms with Crippen LogP contribution in [0.5, 0.6) is 0 Å². The molecule has 0 aliphatic rings. The number of carbonyl (C=O) groups excluding carboxylic acids is 1. The van der Waals surface area contributed by atoms with E-state index in [2.05, 4.69) is 54.0 Å². The molecule has 4 aromatic rings. The van der Waals surface area contributed by atoms with Gasteiger partial charge in [-0.1, -0.05) is 48.1 Å². The van der Waals surface area contributed by atoms with Gasteiger partial charge in [0.15, 0.2) is 4.96 Å². The Morgan fingerprint density at radius 2 is 2.00 bits per heavy atom. The normalized spacial score (nSPS) is 12.6. The number of nitrogens with one attached hydrogen (secondary N) is 1. The molecule has 0 fully saturated rings. The van der Waals surface area contributed by atoms with E-state index in [1.54, 1.807) is 11.3 Å².